The number of aryl methyl sites for hydroxylation is 1. The highest BCUT2D eigenvalue weighted by atomic mass is 32.1. The molecule has 1 amide bonds. The van der Waals surface area contributed by atoms with E-state index in [0.717, 1.165) is 21.9 Å². The van der Waals surface area contributed by atoms with Crippen LogP contribution in [0.4, 0.5) is 5.13 Å². The van der Waals surface area contributed by atoms with Crippen molar-refractivity contribution in [1.29, 1.82) is 0 Å². The first-order valence-corrected chi connectivity index (χ1v) is 9.72. The molecular weight excluding hydrogens is 388 g/mol. The molecular formula is C21H18N4O3S. The molecule has 2 aromatic carbocycles. The molecule has 0 atom stereocenters. The van der Waals surface area contributed by atoms with Crippen molar-refractivity contribution in [3.63, 3.8) is 0 Å². The predicted octanol–water partition coefficient (Wildman–Crippen LogP) is 3.48. The summed E-state index contributed by atoms with van der Waals surface area (Å²) in [5, 5.41) is 3.74. The van der Waals surface area contributed by atoms with Gasteiger partial charge in [0.15, 0.2) is 5.13 Å². The number of hydrogen-bond donors (Lipinski definition) is 1. The van der Waals surface area contributed by atoms with Crippen LogP contribution < -0.4 is 15.6 Å². The number of aromatic nitrogens is 3. The van der Waals surface area contributed by atoms with Gasteiger partial charge in [-0.15, -0.1) is 11.3 Å². The number of benzene rings is 2. The lowest BCUT2D eigenvalue weighted by atomic mass is 10.1. The fraction of sp³-hybridized carbons (Fsp3) is 0.143. The third-order valence-corrected chi connectivity index (χ3v) is 5.34. The second kappa shape index (κ2) is 7.84. The van der Waals surface area contributed by atoms with Crippen molar-refractivity contribution >= 4 is 33.3 Å². The Morgan fingerprint density at radius 2 is 1.93 bits per heavy atom. The van der Waals surface area contributed by atoms with E-state index in [1.54, 1.807) is 25.3 Å². The SMILES string of the molecule is COc1ccc(-c2nc(NC(=O)Cn3cnc4ccccc4c3=O)sc2C)cc1. The Kier molecular flexibility index (Phi) is 5.09. The standard InChI is InChI=1S/C21H18N4O3S/c1-13-19(14-7-9-15(28-2)10-8-14)24-21(29-13)23-18(26)11-25-12-22-17-6-4-3-5-16(17)20(25)27/h3-10,12H,11H2,1-2H3,(H,23,24,26). The maximum Gasteiger partial charge on any atom is 0.261 e. The van der Waals surface area contributed by atoms with Crippen LogP contribution in [0.5, 0.6) is 5.75 Å². The maximum atomic E-state index is 12.5. The predicted molar refractivity (Wildman–Crippen MR) is 113 cm³/mol. The molecule has 0 aliphatic heterocycles. The molecule has 4 aromatic rings. The zero-order valence-corrected chi connectivity index (χ0v) is 16.7. The zero-order valence-electron chi connectivity index (χ0n) is 15.9. The Morgan fingerprint density at radius 3 is 2.69 bits per heavy atom. The molecule has 0 unspecified atom stereocenters. The third-order valence-electron chi connectivity index (χ3n) is 4.45. The van der Waals surface area contributed by atoms with E-state index in [0.29, 0.717) is 16.0 Å². The maximum absolute atomic E-state index is 12.5. The van der Waals surface area contributed by atoms with Gasteiger partial charge < -0.3 is 10.1 Å². The molecule has 2 aromatic heterocycles. The summed E-state index contributed by atoms with van der Waals surface area (Å²) < 4.78 is 6.47. The van der Waals surface area contributed by atoms with Gasteiger partial charge in [-0.3, -0.25) is 14.2 Å². The molecule has 0 radical (unpaired) electrons. The molecule has 8 heteroatoms. The van der Waals surface area contributed by atoms with Crippen molar-refractivity contribution in [3.8, 4) is 17.0 Å². The number of hydrogen-bond acceptors (Lipinski definition) is 6. The number of thiazole rings is 1. The zero-order chi connectivity index (χ0) is 20.4. The summed E-state index contributed by atoms with van der Waals surface area (Å²) in [5.41, 5.74) is 2.10. The number of amides is 1. The number of carbonyl (C=O) groups is 1. The summed E-state index contributed by atoms with van der Waals surface area (Å²) >= 11 is 1.39. The first-order chi connectivity index (χ1) is 14.0. The summed E-state index contributed by atoms with van der Waals surface area (Å²) in [4.78, 5) is 34.7. The van der Waals surface area contributed by atoms with E-state index >= 15 is 0 Å². The van der Waals surface area contributed by atoms with Crippen molar-refractivity contribution in [2.75, 3.05) is 12.4 Å². The lowest BCUT2D eigenvalue weighted by molar-refractivity contribution is -0.116. The van der Waals surface area contributed by atoms with Gasteiger partial charge in [0.25, 0.3) is 5.56 Å². The minimum Gasteiger partial charge on any atom is -0.497 e. The van der Waals surface area contributed by atoms with E-state index in [-0.39, 0.29) is 18.0 Å². The van der Waals surface area contributed by atoms with Gasteiger partial charge in [0, 0.05) is 10.4 Å². The highest BCUT2D eigenvalue weighted by Crippen LogP contribution is 2.31. The van der Waals surface area contributed by atoms with Crippen LogP contribution in [0.3, 0.4) is 0 Å². The molecule has 0 fully saturated rings. The Morgan fingerprint density at radius 1 is 1.17 bits per heavy atom. The molecule has 4 rings (SSSR count). The second-order valence-electron chi connectivity index (χ2n) is 6.40. The quantitative estimate of drug-likeness (QED) is 0.548. The van der Waals surface area contributed by atoms with Crippen LogP contribution in [0.15, 0.2) is 59.7 Å². The molecule has 2 heterocycles. The van der Waals surface area contributed by atoms with Crippen LogP contribution >= 0.6 is 11.3 Å². The van der Waals surface area contributed by atoms with Crippen molar-refractivity contribution < 1.29 is 9.53 Å². The van der Waals surface area contributed by atoms with Crippen LogP contribution in [0.25, 0.3) is 22.2 Å². The molecule has 0 spiro atoms. The number of rotatable bonds is 5. The first-order valence-electron chi connectivity index (χ1n) is 8.91. The topological polar surface area (TPSA) is 86.1 Å². The van der Waals surface area contributed by atoms with Crippen LogP contribution in [-0.4, -0.2) is 27.6 Å². The fourth-order valence-electron chi connectivity index (χ4n) is 3.00. The number of anilines is 1. The van der Waals surface area contributed by atoms with Crippen LogP contribution in [-0.2, 0) is 11.3 Å². The largest absolute Gasteiger partial charge is 0.497 e. The minimum absolute atomic E-state index is 0.132. The van der Waals surface area contributed by atoms with Crippen molar-refractivity contribution in [2.24, 2.45) is 0 Å². The van der Waals surface area contributed by atoms with Gasteiger partial charge in [0.2, 0.25) is 5.91 Å². The molecule has 1 N–H and O–H groups in total. The summed E-state index contributed by atoms with van der Waals surface area (Å²) in [6.45, 7) is 1.82. The fourth-order valence-corrected chi connectivity index (χ4v) is 3.85. The number of nitrogens with one attached hydrogen (secondary N) is 1. The molecule has 29 heavy (non-hydrogen) atoms. The summed E-state index contributed by atoms with van der Waals surface area (Å²) in [6, 6.07) is 14.6. The molecule has 0 saturated heterocycles. The average molecular weight is 406 g/mol. The van der Waals surface area contributed by atoms with Crippen LogP contribution in [0, 0.1) is 6.92 Å². The van der Waals surface area contributed by atoms with Gasteiger partial charge >= 0.3 is 0 Å². The summed E-state index contributed by atoms with van der Waals surface area (Å²) in [7, 11) is 1.62. The smallest absolute Gasteiger partial charge is 0.261 e. The van der Waals surface area contributed by atoms with E-state index < -0.39 is 0 Å². The second-order valence-corrected chi connectivity index (χ2v) is 7.60. The Bertz CT molecular complexity index is 1250. The van der Waals surface area contributed by atoms with Gasteiger partial charge in [-0.1, -0.05) is 12.1 Å². The van der Waals surface area contributed by atoms with Crippen molar-refractivity contribution in [2.45, 2.75) is 13.5 Å². The highest BCUT2D eigenvalue weighted by Gasteiger charge is 2.13. The molecule has 0 aliphatic carbocycles. The summed E-state index contributed by atoms with van der Waals surface area (Å²) in [5.74, 6) is 0.434. The number of carbonyl (C=O) groups excluding carboxylic acids is 1. The normalized spacial score (nSPS) is 10.8. The number of methoxy groups -OCH3 is 1. The van der Waals surface area contributed by atoms with Crippen molar-refractivity contribution in [1.82, 2.24) is 14.5 Å². The van der Waals surface area contributed by atoms with E-state index in [4.69, 9.17) is 4.74 Å². The highest BCUT2D eigenvalue weighted by molar-refractivity contribution is 7.16. The number of nitrogens with zero attached hydrogens (tertiary/aromatic N) is 3. The van der Waals surface area contributed by atoms with Crippen LogP contribution in [0.2, 0.25) is 0 Å². The van der Waals surface area contributed by atoms with E-state index in [2.05, 4.69) is 15.3 Å². The van der Waals surface area contributed by atoms with E-state index in [9.17, 15) is 9.59 Å². The Balaban J connectivity index is 1.52. The van der Waals surface area contributed by atoms with Crippen LogP contribution in [0.1, 0.15) is 4.88 Å². The van der Waals surface area contributed by atoms with E-state index in [1.165, 1.54) is 22.2 Å². The molecule has 0 aliphatic rings. The molecule has 0 saturated carbocycles. The minimum atomic E-state index is -0.334. The Hall–Kier alpha value is -3.52. The third kappa shape index (κ3) is 3.88. The number of fused-ring (bicyclic) bond motifs is 1. The molecule has 146 valence electrons. The Labute approximate surface area is 170 Å². The monoisotopic (exact) mass is 406 g/mol. The summed E-state index contributed by atoms with van der Waals surface area (Å²) in [6.07, 6.45) is 1.39. The first kappa shape index (κ1) is 18.8. The lowest BCUT2D eigenvalue weighted by Crippen LogP contribution is -2.27. The van der Waals surface area contributed by atoms with Gasteiger partial charge in [-0.2, -0.15) is 0 Å². The lowest BCUT2D eigenvalue weighted by Gasteiger charge is -2.06. The van der Waals surface area contributed by atoms with Crippen molar-refractivity contribution in [3.05, 3.63) is 70.1 Å². The van der Waals surface area contributed by atoms with Gasteiger partial charge in [0.05, 0.1) is 30.0 Å². The van der Waals surface area contributed by atoms with E-state index in [1.807, 2.05) is 37.3 Å². The van der Waals surface area contributed by atoms with Gasteiger partial charge in [0.1, 0.15) is 12.3 Å². The number of para-hydroxylation sites is 1. The van der Waals surface area contributed by atoms with Gasteiger partial charge in [-0.05, 0) is 43.3 Å². The average Bonchev–Trinajstić information content (AvgIpc) is 3.10. The number of ether oxygens (including phenoxy) is 1. The molecule has 0 bridgehead atoms. The molecule has 7 nitrogen and oxygen atoms in total. The van der Waals surface area contributed by atoms with Gasteiger partial charge in [-0.25, -0.2) is 9.97 Å².